The van der Waals surface area contributed by atoms with Gasteiger partial charge in [0, 0.05) is 5.54 Å². The van der Waals surface area contributed by atoms with Gasteiger partial charge in [0.15, 0.2) is 0 Å². The molecule has 2 N–H and O–H groups in total. The number of rotatable bonds is 1. The first kappa shape index (κ1) is 9.72. The van der Waals surface area contributed by atoms with Crippen LogP contribution in [0.4, 0.5) is 0 Å². The summed E-state index contributed by atoms with van der Waals surface area (Å²) in [6, 6.07) is 6.68. The molecule has 0 unspecified atom stereocenters. The topological polar surface area (TPSA) is 26.0 Å². The van der Waals surface area contributed by atoms with Crippen molar-refractivity contribution >= 4 is 0 Å². The summed E-state index contributed by atoms with van der Waals surface area (Å²) in [4.78, 5) is 0. The van der Waals surface area contributed by atoms with E-state index in [9.17, 15) is 0 Å². The molecule has 0 spiro atoms. The van der Waals surface area contributed by atoms with Gasteiger partial charge in [0.1, 0.15) is 0 Å². The van der Waals surface area contributed by atoms with Gasteiger partial charge in [0.25, 0.3) is 0 Å². The first-order valence-electron chi connectivity index (χ1n) is 5.30. The van der Waals surface area contributed by atoms with Crippen molar-refractivity contribution in [2.75, 3.05) is 0 Å². The van der Waals surface area contributed by atoms with Crippen molar-refractivity contribution in [1.29, 1.82) is 0 Å². The summed E-state index contributed by atoms with van der Waals surface area (Å²) >= 11 is 0. The van der Waals surface area contributed by atoms with Gasteiger partial charge in [-0.3, -0.25) is 0 Å². The predicted octanol–water partition coefficient (Wildman–Crippen LogP) is 2.57. The van der Waals surface area contributed by atoms with Gasteiger partial charge < -0.3 is 5.73 Å². The summed E-state index contributed by atoms with van der Waals surface area (Å²) in [5.41, 5.74) is 10.1. The Morgan fingerprint density at radius 2 is 2.00 bits per heavy atom. The van der Waals surface area contributed by atoms with E-state index in [4.69, 9.17) is 5.73 Å². The van der Waals surface area contributed by atoms with Crippen LogP contribution in [0.25, 0.3) is 0 Å². The van der Waals surface area contributed by atoms with E-state index >= 15 is 0 Å². The van der Waals surface area contributed by atoms with E-state index in [0.29, 0.717) is 0 Å². The lowest BCUT2D eigenvalue weighted by molar-refractivity contribution is 0.553. The van der Waals surface area contributed by atoms with Crippen molar-refractivity contribution < 1.29 is 0 Å². The fourth-order valence-electron chi connectivity index (χ4n) is 1.98. The van der Waals surface area contributed by atoms with Crippen LogP contribution in [0.15, 0.2) is 18.2 Å². The minimum Gasteiger partial charge on any atom is -0.322 e. The fraction of sp³-hybridized carbons (Fsp3) is 0.462. The van der Waals surface area contributed by atoms with Gasteiger partial charge in [-0.1, -0.05) is 18.2 Å². The summed E-state index contributed by atoms with van der Waals surface area (Å²) in [6.45, 7) is 4.11. The van der Waals surface area contributed by atoms with Crippen molar-refractivity contribution in [2.45, 2.75) is 38.6 Å². The Kier molecular flexibility index (Phi) is 2.36. The number of hydrogen-bond acceptors (Lipinski definition) is 1. The molecular weight excluding hydrogens is 170 g/mol. The molecule has 75 valence electrons. The quantitative estimate of drug-likeness (QED) is 0.720. The molecule has 1 aliphatic rings. The highest BCUT2D eigenvalue weighted by Gasteiger charge is 2.17. The molecule has 0 amide bonds. The average molecular weight is 188 g/mol. The molecule has 14 heavy (non-hydrogen) atoms. The molecule has 1 radical (unpaired) electrons. The second kappa shape index (κ2) is 3.39. The number of nitrogens with two attached hydrogens (primary N) is 1. The normalized spacial score (nSPS) is 16.5. The monoisotopic (exact) mass is 188 g/mol. The van der Waals surface area contributed by atoms with Gasteiger partial charge in [-0.15, -0.1) is 0 Å². The fourth-order valence-corrected chi connectivity index (χ4v) is 1.98. The summed E-state index contributed by atoms with van der Waals surface area (Å²) in [5, 5.41) is 0. The van der Waals surface area contributed by atoms with E-state index in [0.717, 1.165) is 6.42 Å². The maximum atomic E-state index is 6.08. The number of benzene rings is 1. The molecule has 0 fully saturated rings. The van der Waals surface area contributed by atoms with E-state index in [1.165, 1.54) is 29.5 Å². The Morgan fingerprint density at radius 1 is 1.21 bits per heavy atom. The Morgan fingerprint density at radius 3 is 2.71 bits per heavy atom. The van der Waals surface area contributed by atoms with E-state index < -0.39 is 0 Å². The Hall–Kier alpha value is -0.820. The van der Waals surface area contributed by atoms with Crippen LogP contribution in [0.2, 0.25) is 0 Å². The molecule has 1 nitrogen and oxygen atoms in total. The largest absolute Gasteiger partial charge is 0.322 e. The Labute approximate surface area is 86.3 Å². The van der Waals surface area contributed by atoms with Crippen LogP contribution in [0.5, 0.6) is 0 Å². The van der Waals surface area contributed by atoms with E-state index in [1.54, 1.807) is 0 Å². The zero-order valence-electron chi connectivity index (χ0n) is 9.01. The Bertz CT molecular complexity index is 334. The van der Waals surface area contributed by atoms with Crippen molar-refractivity contribution in [3.05, 3.63) is 41.3 Å². The van der Waals surface area contributed by atoms with Crippen molar-refractivity contribution in [3.63, 3.8) is 0 Å². The molecule has 0 heterocycles. The highest BCUT2D eigenvalue weighted by molar-refractivity contribution is 5.37. The highest BCUT2D eigenvalue weighted by atomic mass is 14.7. The van der Waals surface area contributed by atoms with Crippen LogP contribution in [0.1, 0.15) is 37.0 Å². The first-order valence-corrected chi connectivity index (χ1v) is 5.30. The molecule has 0 bridgehead atoms. The van der Waals surface area contributed by atoms with Crippen LogP contribution >= 0.6 is 0 Å². The van der Waals surface area contributed by atoms with E-state index in [1.807, 2.05) is 0 Å². The summed E-state index contributed by atoms with van der Waals surface area (Å²) in [6.07, 6.45) is 5.88. The van der Waals surface area contributed by atoms with E-state index in [2.05, 4.69) is 38.5 Å². The van der Waals surface area contributed by atoms with Crippen LogP contribution in [0.3, 0.4) is 0 Å². The lowest BCUT2D eigenvalue weighted by Gasteiger charge is -2.23. The van der Waals surface area contributed by atoms with Crippen LogP contribution < -0.4 is 5.73 Å². The number of hydrogen-bond donors (Lipinski definition) is 1. The summed E-state index contributed by atoms with van der Waals surface area (Å²) < 4.78 is 0. The van der Waals surface area contributed by atoms with Crippen molar-refractivity contribution in [1.82, 2.24) is 0 Å². The molecule has 0 saturated carbocycles. The average Bonchev–Trinajstić information content (AvgIpc) is 2.16. The van der Waals surface area contributed by atoms with E-state index in [-0.39, 0.29) is 5.54 Å². The van der Waals surface area contributed by atoms with Crippen molar-refractivity contribution in [2.24, 2.45) is 5.73 Å². The zero-order chi connectivity index (χ0) is 10.2. The number of aryl methyl sites for hydroxylation is 1. The van der Waals surface area contributed by atoms with Gasteiger partial charge >= 0.3 is 0 Å². The summed E-state index contributed by atoms with van der Waals surface area (Å²) in [7, 11) is 0. The second-order valence-corrected chi connectivity index (χ2v) is 4.74. The minimum absolute atomic E-state index is 0.216. The van der Waals surface area contributed by atoms with Gasteiger partial charge in [-0.05, 0) is 56.2 Å². The maximum absolute atomic E-state index is 6.08. The molecule has 0 aromatic heterocycles. The SMILES string of the molecule is CC(C)(N)c1ccc2c(c1)C[CH]CC2. The van der Waals surface area contributed by atoms with Crippen LogP contribution in [0, 0.1) is 6.42 Å². The molecule has 1 aliphatic carbocycles. The molecule has 2 rings (SSSR count). The smallest absolute Gasteiger partial charge is 0.0352 e. The molecule has 0 atom stereocenters. The van der Waals surface area contributed by atoms with Crippen LogP contribution in [-0.2, 0) is 18.4 Å². The zero-order valence-corrected chi connectivity index (χ0v) is 9.01. The third kappa shape index (κ3) is 1.83. The standard InChI is InChI=1S/C13H18N/c1-13(2,14)12-8-7-10-5-3-4-6-11(10)9-12/h4,7-9H,3,5-6,14H2,1-2H3. The Balaban J connectivity index is 2.39. The summed E-state index contributed by atoms with van der Waals surface area (Å²) in [5.74, 6) is 0. The molecular formula is C13H18N. The lowest BCUT2D eigenvalue weighted by atomic mass is 9.86. The lowest BCUT2D eigenvalue weighted by Crippen LogP contribution is -2.29. The van der Waals surface area contributed by atoms with Crippen molar-refractivity contribution in [3.8, 4) is 0 Å². The van der Waals surface area contributed by atoms with Gasteiger partial charge in [-0.2, -0.15) is 0 Å². The molecule has 0 saturated heterocycles. The molecule has 0 aliphatic heterocycles. The third-order valence-corrected chi connectivity index (χ3v) is 2.93. The maximum Gasteiger partial charge on any atom is 0.0352 e. The number of fused-ring (bicyclic) bond motifs is 1. The second-order valence-electron chi connectivity index (χ2n) is 4.74. The van der Waals surface area contributed by atoms with Gasteiger partial charge in [-0.25, -0.2) is 0 Å². The van der Waals surface area contributed by atoms with Gasteiger partial charge in [0.2, 0.25) is 0 Å². The first-order chi connectivity index (χ1) is 6.57. The highest BCUT2D eigenvalue weighted by Crippen LogP contribution is 2.25. The van der Waals surface area contributed by atoms with Gasteiger partial charge in [0.05, 0.1) is 0 Å². The predicted molar refractivity (Wildman–Crippen MR) is 60.0 cm³/mol. The molecule has 1 aromatic carbocycles. The molecule has 1 heteroatoms. The molecule has 1 aromatic rings. The van der Waals surface area contributed by atoms with Crippen LogP contribution in [-0.4, -0.2) is 0 Å². The minimum atomic E-state index is -0.216. The third-order valence-electron chi connectivity index (χ3n) is 2.93.